The monoisotopic (exact) mass is 394 g/mol. The topological polar surface area (TPSA) is 96.8 Å². The minimum Gasteiger partial charge on any atom is -0.497 e. The SMILES string of the molecule is COc1cc(OC)c2c(N3CCCC3)nc(-c3ccc(C(=O)NO)cc3)nc2c1. The van der Waals surface area contributed by atoms with Crippen molar-refractivity contribution in [2.45, 2.75) is 12.8 Å². The van der Waals surface area contributed by atoms with Crippen LogP contribution in [0.1, 0.15) is 23.2 Å². The Bertz CT molecular complexity index is 1050. The van der Waals surface area contributed by atoms with Gasteiger partial charge in [-0.1, -0.05) is 12.1 Å². The number of amides is 1. The normalized spacial score (nSPS) is 13.6. The fourth-order valence-electron chi connectivity index (χ4n) is 3.59. The molecule has 1 amide bonds. The number of carbonyl (C=O) groups is 1. The molecule has 0 aliphatic carbocycles. The van der Waals surface area contributed by atoms with E-state index in [0.717, 1.165) is 48.2 Å². The van der Waals surface area contributed by atoms with Crippen molar-refractivity contribution in [3.63, 3.8) is 0 Å². The van der Waals surface area contributed by atoms with Crippen molar-refractivity contribution in [2.24, 2.45) is 0 Å². The molecule has 8 nitrogen and oxygen atoms in total. The molecular weight excluding hydrogens is 372 g/mol. The Morgan fingerprint density at radius 1 is 1.07 bits per heavy atom. The Kier molecular flexibility index (Phi) is 5.18. The molecule has 0 spiro atoms. The van der Waals surface area contributed by atoms with Crippen LogP contribution in [0.4, 0.5) is 5.82 Å². The number of benzene rings is 2. The summed E-state index contributed by atoms with van der Waals surface area (Å²) >= 11 is 0. The summed E-state index contributed by atoms with van der Waals surface area (Å²) < 4.78 is 11.0. The standard InChI is InChI=1S/C21H22N4O4/c1-28-15-11-16-18(17(12-15)29-2)20(25-9-3-4-10-25)23-19(22-16)13-5-7-14(8-6-13)21(26)24-27/h5-8,11-12,27H,3-4,9-10H2,1-2H3,(H,24,26). The lowest BCUT2D eigenvalue weighted by molar-refractivity contribution is 0.0706. The number of nitrogens with zero attached hydrogens (tertiary/aromatic N) is 3. The summed E-state index contributed by atoms with van der Waals surface area (Å²) in [6, 6.07) is 10.5. The smallest absolute Gasteiger partial charge is 0.274 e. The van der Waals surface area contributed by atoms with Crippen LogP contribution in [0.2, 0.25) is 0 Å². The second kappa shape index (κ2) is 7.92. The molecule has 1 aliphatic heterocycles. The highest BCUT2D eigenvalue weighted by Gasteiger charge is 2.22. The van der Waals surface area contributed by atoms with Crippen LogP contribution >= 0.6 is 0 Å². The lowest BCUT2D eigenvalue weighted by Crippen LogP contribution is -2.20. The third kappa shape index (κ3) is 3.54. The van der Waals surface area contributed by atoms with Crippen LogP contribution in [0, 0.1) is 0 Å². The molecule has 1 fully saturated rings. The summed E-state index contributed by atoms with van der Waals surface area (Å²) in [5, 5.41) is 9.65. The van der Waals surface area contributed by atoms with Gasteiger partial charge in [0, 0.05) is 36.3 Å². The van der Waals surface area contributed by atoms with Crippen LogP contribution < -0.4 is 19.9 Å². The maximum Gasteiger partial charge on any atom is 0.274 e. The lowest BCUT2D eigenvalue weighted by Gasteiger charge is -2.21. The summed E-state index contributed by atoms with van der Waals surface area (Å²) in [4.78, 5) is 23.4. The van der Waals surface area contributed by atoms with Gasteiger partial charge in [-0.2, -0.15) is 0 Å². The fraction of sp³-hybridized carbons (Fsp3) is 0.286. The average Bonchev–Trinajstić information content (AvgIpc) is 3.31. The van der Waals surface area contributed by atoms with Crippen molar-refractivity contribution < 1.29 is 19.5 Å². The number of rotatable bonds is 5. The molecule has 0 bridgehead atoms. The summed E-state index contributed by atoms with van der Waals surface area (Å²) in [7, 11) is 3.23. The van der Waals surface area contributed by atoms with Crippen molar-refractivity contribution in [1.82, 2.24) is 15.4 Å². The third-order valence-electron chi connectivity index (χ3n) is 5.08. The van der Waals surface area contributed by atoms with Crippen LogP contribution in [0.15, 0.2) is 36.4 Å². The average molecular weight is 394 g/mol. The van der Waals surface area contributed by atoms with E-state index in [9.17, 15) is 4.79 Å². The second-order valence-corrected chi connectivity index (χ2v) is 6.81. The Morgan fingerprint density at radius 2 is 1.79 bits per heavy atom. The molecule has 8 heteroatoms. The van der Waals surface area contributed by atoms with Gasteiger partial charge in [0.25, 0.3) is 5.91 Å². The van der Waals surface area contributed by atoms with E-state index in [1.165, 1.54) is 0 Å². The first-order valence-corrected chi connectivity index (χ1v) is 9.38. The van der Waals surface area contributed by atoms with Crippen LogP contribution in [0.5, 0.6) is 11.5 Å². The first-order valence-electron chi connectivity index (χ1n) is 9.38. The molecule has 2 heterocycles. The molecule has 3 aromatic rings. The molecule has 0 radical (unpaired) electrons. The maximum atomic E-state index is 11.6. The number of fused-ring (bicyclic) bond motifs is 1. The molecule has 150 valence electrons. The zero-order valence-corrected chi connectivity index (χ0v) is 16.3. The van der Waals surface area contributed by atoms with Crippen LogP contribution in [-0.2, 0) is 0 Å². The Morgan fingerprint density at radius 3 is 2.41 bits per heavy atom. The van der Waals surface area contributed by atoms with Gasteiger partial charge in [0.2, 0.25) is 0 Å². The maximum absolute atomic E-state index is 11.6. The number of methoxy groups -OCH3 is 2. The number of hydrogen-bond donors (Lipinski definition) is 2. The molecular formula is C21H22N4O4. The van der Waals surface area contributed by atoms with Crippen molar-refractivity contribution in [3.8, 4) is 22.9 Å². The summed E-state index contributed by atoms with van der Waals surface area (Å²) in [6.07, 6.45) is 2.23. The number of carbonyl (C=O) groups excluding carboxylic acids is 1. The van der Waals surface area contributed by atoms with Gasteiger partial charge < -0.3 is 14.4 Å². The first kappa shape index (κ1) is 18.9. The Labute approximate surface area is 168 Å². The molecule has 1 saturated heterocycles. The number of nitrogens with one attached hydrogen (secondary N) is 1. The summed E-state index contributed by atoms with van der Waals surface area (Å²) in [5.41, 5.74) is 3.47. The molecule has 1 aliphatic rings. The van der Waals surface area contributed by atoms with Gasteiger partial charge in [-0.05, 0) is 25.0 Å². The third-order valence-corrected chi connectivity index (χ3v) is 5.08. The van der Waals surface area contributed by atoms with Crippen molar-refractivity contribution in [1.29, 1.82) is 0 Å². The predicted molar refractivity (Wildman–Crippen MR) is 109 cm³/mol. The van der Waals surface area contributed by atoms with E-state index in [0.29, 0.717) is 22.9 Å². The van der Waals surface area contributed by atoms with E-state index in [1.54, 1.807) is 44.0 Å². The number of ether oxygens (including phenoxy) is 2. The Hall–Kier alpha value is -3.39. The van der Waals surface area contributed by atoms with Gasteiger partial charge in [-0.15, -0.1) is 0 Å². The van der Waals surface area contributed by atoms with Crippen LogP contribution in [0.3, 0.4) is 0 Å². The highest BCUT2D eigenvalue weighted by atomic mass is 16.5. The van der Waals surface area contributed by atoms with Crippen molar-refractivity contribution in [2.75, 3.05) is 32.2 Å². The van der Waals surface area contributed by atoms with Gasteiger partial charge >= 0.3 is 0 Å². The molecule has 2 aromatic carbocycles. The van der Waals surface area contributed by atoms with Gasteiger partial charge in [0.05, 0.1) is 25.1 Å². The van der Waals surface area contributed by atoms with Gasteiger partial charge in [0.15, 0.2) is 5.82 Å². The lowest BCUT2D eigenvalue weighted by atomic mass is 10.1. The Balaban J connectivity index is 1.89. The second-order valence-electron chi connectivity index (χ2n) is 6.81. The minimum absolute atomic E-state index is 0.347. The van der Waals surface area contributed by atoms with E-state index in [1.807, 2.05) is 12.1 Å². The van der Waals surface area contributed by atoms with Crippen molar-refractivity contribution in [3.05, 3.63) is 42.0 Å². The predicted octanol–water partition coefficient (Wildman–Crippen LogP) is 3.03. The van der Waals surface area contributed by atoms with Crippen LogP contribution in [-0.4, -0.2) is 48.4 Å². The van der Waals surface area contributed by atoms with E-state index >= 15 is 0 Å². The number of hydrogen-bond acceptors (Lipinski definition) is 7. The van der Waals surface area contributed by atoms with Gasteiger partial charge in [-0.25, -0.2) is 15.4 Å². The number of aromatic nitrogens is 2. The summed E-state index contributed by atoms with van der Waals surface area (Å²) in [6.45, 7) is 1.85. The number of anilines is 1. The van der Waals surface area contributed by atoms with E-state index < -0.39 is 5.91 Å². The molecule has 29 heavy (non-hydrogen) atoms. The molecule has 2 N–H and O–H groups in total. The fourth-order valence-corrected chi connectivity index (χ4v) is 3.59. The minimum atomic E-state index is -0.566. The largest absolute Gasteiger partial charge is 0.497 e. The van der Waals surface area contributed by atoms with E-state index in [4.69, 9.17) is 24.6 Å². The van der Waals surface area contributed by atoms with E-state index in [2.05, 4.69) is 4.90 Å². The van der Waals surface area contributed by atoms with Crippen LogP contribution in [0.25, 0.3) is 22.3 Å². The molecule has 0 unspecified atom stereocenters. The van der Waals surface area contributed by atoms with E-state index in [-0.39, 0.29) is 0 Å². The summed E-state index contributed by atoms with van der Waals surface area (Å²) in [5.74, 6) is 2.14. The first-order chi connectivity index (χ1) is 14.1. The number of hydroxylamine groups is 1. The molecule has 1 aromatic heterocycles. The van der Waals surface area contributed by atoms with Gasteiger partial charge in [-0.3, -0.25) is 10.0 Å². The zero-order chi connectivity index (χ0) is 20.4. The quantitative estimate of drug-likeness (QED) is 0.507. The highest BCUT2D eigenvalue weighted by Crippen LogP contribution is 2.38. The van der Waals surface area contributed by atoms with Crippen molar-refractivity contribution >= 4 is 22.6 Å². The zero-order valence-electron chi connectivity index (χ0n) is 16.3. The highest BCUT2D eigenvalue weighted by molar-refractivity contribution is 5.97. The molecule has 4 rings (SSSR count). The molecule has 0 saturated carbocycles. The molecule has 0 atom stereocenters. The van der Waals surface area contributed by atoms with Gasteiger partial charge in [0.1, 0.15) is 17.3 Å².